The minimum absolute atomic E-state index is 0.262. The third-order valence-corrected chi connectivity index (χ3v) is 7.21. The van der Waals surface area contributed by atoms with Crippen LogP contribution in [0.2, 0.25) is 0 Å². The van der Waals surface area contributed by atoms with Crippen LogP contribution in [-0.4, -0.2) is 30.7 Å². The third kappa shape index (κ3) is 2.90. The maximum atomic E-state index is 12.9. The highest BCUT2D eigenvalue weighted by Gasteiger charge is 2.51. The van der Waals surface area contributed by atoms with Gasteiger partial charge in [0.2, 0.25) is 0 Å². The normalized spacial score (nSPS) is 18.9. The smallest absolute Gasteiger partial charge is 0.399 e. The van der Waals surface area contributed by atoms with E-state index in [9.17, 15) is 8.42 Å². The number of rotatable bonds is 3. The van der Waals surface area contributed by atoms with Gasteiger partial charge in [0, 0.05) is 11.6 Å². The van der Waals surface area contributed by atoms with Crippen LogP contribution in [0, 0.1) is 0 Å². The minimum Gasteiger partial charge on any atom is -0.399 e. The molecule has 3 aromatic rings. The molecule has 5 nitrogen and oxygen atoms in total. The topological polar surface area (TPSA) is 57.5 Å². The van der Waals surface area contributed by atoms with E-state index in [1.54, 1.807) is 48.7 Å². The fourth-order valence-corrected chi connectivity index (χ4v) is 4.55. The Morgan fingerprint density at radius 3 is 2.15 bits per heavy atom. The quantitative estimate of drug-likeness (QED) is 0.652. The van der Waals surface area contributed by atoms with Crippen LogP contribution in [-0.2, 0) is 19.3 Å². The Hall–Kier alpha value is -2.09. The molecule has 1 aliphatic heterocycles. The Morgan fingerprint density at radius 1 is 0.889 bits per heavy atom. The molecule has 0 amide bonds. The average Bonchev–Trinajstić information content (AvgIpc) is 3.13. The molecule has 2 aromatic carbocycles. The van der Waals surface area contributed by atoms with Gasteiger partial charge in [0.25, 0.3) is 10.0 Å². The molecule has 1 aromatic heterocycles. The van der Waals surface area contributed by atoms with E-state index in [1.807, 2.05) is 39.8 Å². The maximum absolute atomic E-state index is 12.9. The van der Waals surface area contributed by atoms with Gasteiger partial charge < -0.3 is 9.31 Å². The van der Waals surface area contributed by atoms with Crippen molar-refractivity contribution >= 4 is 33.5 Å². The van der Waals surface area contributed by atoms with Gasteiger partial charge in [-0.3, -0.25) is 0 Å². The molecular weight excluding hydrogens is 361 g/mol. The number of hydrogen-bond donors (Lipinski definition) is 0. The van der Waals surface area contributed by atoms with Gasteiger partial charge in [-0.25, -0.2) is 12.4 Å². The van der Waals surface area contributed by atoms with Crippen LogP contribution in [0.1, 0.15) is 27.7 Å². The lowest BCUT2D eigenvalue weighted by Crippen LogP contribution is -2.41. The monoisotopic (exact) mass is 383 g/mol. The first-order valence-electron chi connectivity index (χ1n) is 8.89. The van der Waals surface area contributed by atoms with Crippen LogP contribution in [0.3, 0.4) is 0 Å². The molecular formula is C20H22BNO4S. The second-order valence-electron chi connectivity index (χ2n) is 7.84. The molecule has 2 heterocycles. The highest BCUT2D eigenvalue weighted by atomic mass is 32.2. The zero-order valence-electron chi connectivity index (χ0n) is 15.8. The van der Waals surface area contributed by atoms with Crippen molar-refractivity contribution in [3.8, 4) is 0 Å². The Balaban J connectivity index is 1.73. The third-order valence-electron chi connectivity index (χ3n) is 5.50. The summed E-state index contributed by atoms with van der Waals surface area (Å²) in [4.78, 5) is 0.262. The molecule has 0 unspecified atom stereocenters. The van der Waals surface area contributed by atoms with Crippen LogP contribution in [0.25, 0.3) is 10.9 Å². The first-order chi connectivity index (χ1) is 12.6. The molecule has 27 heavy (non-hydrogen) atoms. The highest BCUT2D eigenvalue weighted by molar-refractivity contribution is 7.90. The molecule has 7 heteroatoms. The van der Waals surface area contributed by atoms with Crippen molar-refractivity contribution in [2.24, 2.45) is 0 Å². The standard InChI is InChI=1S/C20H22BNO4S/c1-19(2)20(3,4)26-21(25-19)16-10-11-18-15(14-16)12-13-22(18)27(23,24)17-8-6-5-7-9-17/h5-14H,1-4H3. The van der Waals surface area contributed by atoms with Crippen LogP contribution >= 0.6 is 0 Å². The zero-order chi connectivity index (χ0) is 19.4. The Labute approximate surface area is 160 Å². The van der Waals surface area contributed by atoms with Crippen LogP contribution in [0.5, 0.6) is 0 Å². The van der Waals surface area contributed by atoms with Gasteiger partial charge in [-0.2, -0.15) is 0 Å². The van der Waals surface area contributed by atoms with Crippen LogP contribution in [0.4, 0.5) is 0 Å². The average molecular weight is 383 g/mol. The summed E-state index contributed by atoms with van der Waals surface area (Å²) in [5, 5.41) is 0.821. The summed E-state index contributed by atoms with van der Waals surface area (Å²) >= 11 is 0. The molecule has 0 atom stereocenters. The Bertz CT molecular complexity index is 1090. The van der Waals surface area contributed by atoms with E-state index in [2.05, 4.69) is 0 Å². The molecule has 140 valence electrons. The van der Waals surface area contributed by atoms with E-state index in [1.165, 1.54) is 3.97 Å². The molecule has 1 aliphatic rings. The fraction of sp³-hybridized carbons (Fsp3) is 0.300. The van der Waals surface area contributed by atoms with Gasteiger partial charge in [-0.05, 0) is 57.4 Å². The lowest BCUT2D eigenvalue weighted by atomic mass is 9.79. The van der Waals surface area contributed by atoms with Gasteiger partial charge >= 0.3 is 7.12 Å². The van der Waals surface area contributed by atoms with Crippen molar-refractivity contribution in [1.29, 1.82) is 0 Å². The molecule has 0 N–H and O–H groups in total. The van der Waals surface area contributed by atoms with Gasteiger partial charge in [-0.1, -0.05) is 30.3 Å². The Morgan fingerprint density at radius 2 is 1.52 bits per heavy atom. The van der Waals surface area contributed by atoms with Crippen molar-refractivity contribution in [3.63, 3.8) is 0 Å². The molecule has 0 aliphatic carbocycles. The lowest BCUT2D eigenvalue weighted by Gasteiger charge is -2.32. The van der Waals surface area contributed by atoms with Gasteiger partial charge in [0.15, 0.2) is 0 Å². The molecule has 4 rings (SSSR count). The summed E-state index contributed by atoms with van der Waals surface area (Å²) in [6.45, 7) is 8.03. The van der Waals surface area contributed by atoms with E-state index in [0.717, 1.165) is 10.8 Å². The molecule has 0 spiro atoms. The van der Waals surface area contributed by atoms with E-state index < -0.39 is 28.3 Å². The number of nitrogens with zero attached hydrogens (tertiary/aromatic N) is 1. The zero-order valence-corrected chi connectivity index (χ0v) is 16.7. The van der Waals surface area contributed by atoms with Crippen LogP contribution in [0.15, 0.2) is 65.7 Å². The summed E-state index contributed by atoms with van der Waals surface area (Å²) in [6.07, 6.45) is 1.58. The molecule has 0 bridgehead atoms. The maximum Gasteiger partial charge on any atom is 0.494 e. The van der Waals surface area contributed by atoms with Gasteiger partial charge in [0.1, 0.15) is 0 Å². The second kappa shape index (κ2) is 5.96. The number of aromatic nitrogens is 1. The van der Waals surface area contributed by atoms with Crippen molar-refractivity contribution in [2.45, 2.75) is 43.8 Å². The van der Waals surface area contributed by atoms with Crippen molar-refractivity contribution in [1.82, 2.24) is 3.97 Å². The van der Waals surface area contributed by atoms with Crippen molar-refractivity contribution < 1.29 is 17.7 Å². The largest absolute Gasteiger partial charge is 0.494 e. The molecule has 1 saturated heterocycles. The predicted molar refractivity (Wildman–Crippen MR) is 107 cm³/mol. The summed E-state index contributed by atoms with van der Waals surface area (Å²) in [5.41, 5.74) is 0.653. The first-order valence-corrected chi connectivity index (χ1v) is 10.3. The highest BCUT2D eigenvalue weighted by Crippen LogP contribution is 2.36. The Kier molecular flexibility index (Phi) is 4.03. The minimum atomic E-state index is -3.64. The van der Waals surface area contributed by atoms with E-state index in [0.29, 0.717) is 5.52 Å². The van der Waals surface area contributed by atoms with Gasteiger partial charge in [-0.15, -0.1) is 0 Å². The first kappa shape index (κ1) is 18.3. The lowest BCUT2D eigenvalue weighted by molar-refractivity contribution is 0.00578. The summed E-state index contributed by atoms with van der Waals surface area (Å²) in [5.74, 6) is 0. The number of hydrogen-bond acceptors (Lipinski definition) is 4. The van der Waals surface area contributed by atoms with E-state index >= 15 is 0 Å². The summed E-state index contributed by atoms with van der Waals surface area (Å²) < 4.78 is 39.4. The second-order valence-corrected chi connectivity index (χ2v) is 9.65. The molecule has 0 saturated carbocycles. The van der Waals surface area contributed by atoms with Gasteiger partial charge in [0.05, 0.1) is 21.6 Å². The fourth-order valence-electron chi connectivity index (χ4n) is 3.18. The number of benzene rings is 2. The molecule has 1 fully saturated rings. The predicted octanol–water partition coefficient (Wildman–Crippen LogP) is 3.18. The summed E-state index contributed by atoms with van der Waals surface area (Å²) in [6, 6.07) is 15.8. The van der Waals surface area contributed by atoms with Crippen LogP contribution < -0.4 is 5.46 Å². The van der Waals surface area contributed by atoms with E-state index in [-0.39, 0.29) is 4.90 Å². The number of fused-ring (bicyclic) bond motifs is 1. The van der Waals surface area contributed by atoms with Crippen molar-refractivity contribution in [3.05, 3.63) is 60.8 Å². The SMILES string of the molecule is CC1(C)OB(c2ccc3c(ccn3S(=O)(=O)c3ccccc3)c2)OC1(C)C. The van der Waals surface area contributed by atoms with E-state index in [4.69, 9.17) is 9.31 Å². The summed E-state index contributed by atoms with van der Waals surface area (Å²) in [7, 11) is -4.12. The molecule has 0 radical (unpaired) electrons. The van der Waals surface area contributed by atoms with Crippen molar-refractivity contribution in [2.75, 3.05) is 0 Å².